The fraction of sp³-hybridized carbons (Fsp3) is 0.0909. The van der Waals surface area contributed by atoms with Crippen molar-refractivity contribution in [3.63, 3.8) is 0 Å². The molecule has 0 fully saturated rings. The lowest BCUT2D eigenvalue weighted by atomic mass is 10.2. The molecule has 0 aliphatic carbocycles. The van der Waals surface area contributed by atoms with Crippen molar-refractivity contribution in [2.24, 2.45) is 0 Å². The molecule has 0 aliphatic heterocycles. The molecular formula is C11H8Cl2N4. The van der Waals surface area contributed by atoms with Crippen LogP contribution in [0.25, 0.3) is 5.69 Å². The van der Waals surface area contributed by atoms with E-state index in [1.807, 2.05) is 13.0 Å². The van der Waals surface area contributed by atoms with Gasteiger partial charge in [-0.2, -0.15) is 10.4 Å². The first kappa shape index (κ1) is 11.8. The van der Waals surface area contributed by atoms with E-state index in [2.05, 4.69) is 5.10 Å². The average molecular weight is 267 g/mol. The maximum absolute atomic E-state index is 8.82. The maximum atomic E-state index is 8.82. The molecule has 86 valence electrons. The number of nitrogen functional groups attached to an aromatic ring is 1. The molecule has 6 heteroatoms. The Labute approximate surface area is 108 Å². The predicted molar refractivity (Wildman–Crippen MR) is 67.4 cm³/mol. The molecule has 1 heterocycles. The van der Waals surface area contributed by atoms with Crippen LogP contribution >= 0.6 is 23.2 Å². The van der Waals surface area contributed by atoms with Gasteiger partial charge in [-0.05, 0) is 24.6 Å². The van der Waals surface area contributed by atoms with Gasteiger partial charge in [0.05, 0.1) is 21.9 Å². The average Bonchev–Trinajstić information content (AvgIpc) is 2.68. The minimum absolute atomic E-state index is 0.286. The molecule has 0 radical (unpaired) electrons. The van der Waals surface area contributed by atoms with Gasteiger partial charge in [-0.3, -0.25) is 0 Å². The lowest BCUT2D eigenvalue weighted by Gasteiger charge is -2.10. The van der Waals surface area contributed by atoms with Gasteiger partial charge in [0.1, 0.15) is 17.5 Å². The summed E-state index contributed by atoms with van der Waals surface area (Å²) >= 11 is 11.9. The van der Waals surface area contributed by atoms with Gasteiger partial charge in [0.25, 0.3) is 0 Å². The summed E-state index contributed by atoms with van der Waals surface area (Å²) in [6.45, 7) is 1.82. The second-order valence-electron chi connectivity index (χ2n) is 3.47. The normalized spacial score (nSPS) is 10.2. The smallest absolute Gasteiger partial charge is 0.145 e. The highest BCUT2D eigenvalue weighted by Crippen LogP contribution is 2.30. The van der Waals surface area contributed by atoms with Crippen molar-refractivity contribution in [1.29, 1.82) is 5.26 Å². The van der Waals surface area contributed by atoms with Gasteiger partial charge < -0.3 is 5.73 Å². The van der Waals surface area contributed by atoms with E-state index >= 15 is 0 Å². The molecule has 0 saturated carbocycles. The van der Waals surface area contributed by atoms with E-state index in [0.717, 1.165) is 5.56 Å². The molecule has 2 aromatic rings. The Balaban J connectivity index is 2.66. The van der Waals surface area contributed by atoms with Gasteiger partial charge in [-0.15, -0.1) is 0 Å². The number of benzene rings is 1. The highest BCUT2D eigenvalue weighted by atomic mass is 35.5. The van der Waals surface area contributed by atoms with Gasteiger partial charge >= 0.3 is 0 Å². The third-order valence-electron chi connectivity index (χ3n) is 2.47. The molecule has 1 aromatic carbocycles. The molecule has 4 nitrogen and oxygen atoms in total. The van der Waals surface area contributed by atoms with Crippen LogP contribution in [0.5, 0.6) is 0 Å². The number of nitrogens with zero attached hydrogens (tertiary/aromatic N) is 3. The van der Waals surface area contributed by atoms with Crippen molar-refractivity contribution in [2.75, 3.05) is 5.73 Å². The first-order valence-corrected chi connectivity index (χ1v) is 5.50. The Morgan fingerprint density at radius 3 is 2.71 bits per heavy atom. The van der Waals surface area contributed by atoms with E-state index < -0.39 is 0 Å². The van der Waals surface area contributed by atoms with Crippen LogP contribution in [-0.4, -0.2) is 9.78 Å². The SMILES string of the molecule is Cc1c(-n2ncc(C#N)c2N)ccc(Cl)c1Cl. The molecular weight excluding hydrogens is 259 g/mol. The zero-order valence-corrected chi connectivity index (χ0v) is 10.4. The number of hydrogen-bond donors (Lipinski definition) is 1. The first-order valence-electron chi connectivity index (χ1n) is 4.75. The molecule has 0 spiro atoms. The molecule has 0 bridgehead atoms. The third kappa shape index (κ3) is 1.84. The number of rotatable bonds is 1. The highest BCUT2D eigenvalue weighted by Gasteiger charge is 2.13. The Morgan fingerprint density at radius 2 is 2.12 bits per heavy atom. The molecule has 2 rings (SSSR count). The Kier molecular flexibility index (Phi) is 2.97. The fourth-order valence-corrected chi connectivity index (χ4v) is 1.87. The lowest BCUT2D eigenvalue weighted by molar-refractivity contribution is 0.883. The summed E-state index contributed by atoms with van der Waals surface area (Å²) in [6, 6.07) is 5.39. The van der Waals surface area contributed by atoms with Gasteiger partial charge in [0.15, 0.2) is 0 Å². The van der Waals surface area contributed by atoms with Crippen molar-refractivity contribution < 1.29 is 0 Å². The summed E-state index contributed by atoms with van der Waals surface area (Å²) in [5.74, 6) is 0.286. The second-order valence-corrected chi connectivity index (χ2v) is 4.26. The topological polar surface area (TPSA) is 67.6 Å². The van der Waals surface area contributed by atoms with Crippen LogP contribution in [0.1, 0.15) is 11.1 Å². The van der Waals surface area contributed by atoms with Gasteiger partial charge in [0.2, 0.25) is 0 Å². The van der Waals surface area contributed by atoms with E-state index in [0.29, 0.717) is 21.3 Å². The van der Waals surface area contributed by atoms with E-state index in [-0.39, 0.29) is 5.82 Å². The van der Waals surface area contributed by atoms with Crippen molar-refractivity contribution in [3.05, 3.63) is 39.5 Å². The van der Waals surface area contributed by atoms with Crippen molar-refractivity contribution in [2.45, 2.75) is 6.92 Å². The Bertz CT molecular complexity index is 625. The summed E-state index contributed by atoms with van der Waals surface area (Å²) in [7, 11) is 0. The fourth-order valence-electron chi connectivity index (χ4n) is 1.51. The van der Waals surface area contributed by atoms with E-state index in [1.54, 1.807) is 12.1 Å². The summed E-state index contributed by atoms with van der Waals surface area (Å²) in [5.41, 5.74) is 7.60. The first-order chi connectivity index (χ1) is 8.06. The number of nitriles is 1. The van der Waals surface area contributed by atoms with Crippen LogP contribution in [0.15, 0.2) is 18.3 Å². The molecule has 0 amide bonds. The molecule has 0 aliphatic rings. The number of halogens is 2. The zero-order valence-electron chi connectivity index (χ0n) is 8.91. The Morgan fingerprint density at radius 1 is 1.41 bits per heavy atom. The monoisotopic (exact) mass is 266 g/mol. The lowest BCUT2D eigenvalue weighted by Crippen LogP contribution is -2.04. The van der Waals surface area contributed by atoms with Gasteiger partial charge in [-0.25, -0.2) is 4.68 Å². The standard InChI is InChI=1S/C11H8Cl2N4/c1-6-9(3-2-8(12)10(6)13)17-11(15)7(4-14)5-16-17/h2-3,5H,15H2,1H3. The van der Waals surface area contributed by atoms with Crippen molar-refractivity contribution in [3.8, 4) is 11.8 Å². The number of nitrogens with two attached hydrogens (primary N) is 1. The summed E-state index contributed by atoms with van der Waals surface area (Å²) in [6.07, 6.45) is 1.41. The van der Waals surface area contributed by atoms with E-state index in [1.165, 1.54) is 10.9 Å². The third-order valence-corrected chi connectivity index (χ3v) is 3.36. The molecule has 0 atom stereocenters. The zero-order chi connectivity index (χ0) is 12.6. The molecule has 17 heavy (non-hydrogen) atoms. The quantitative estimate of drug-likeness (QED) is 0.863. The highest BCUT2D eigenvalue weighted by molar-refractivity contribution is 6.42. The number of aromatic nitrogens is 2. The number of anilines is 1. The predicted octanol–water partition coefficient (Wildman–Crippen LogP) is 2.94. The van der Waals surface area contributed by atoms with E-state index in [9.17, 15) is 0 Å². The van der Waals surface area contributed by atoms with Crippen LogP contribution in [-0.2, 0) is 0 Å². The second kappa shape index (κ2) is 4.28. The number of hydrogen-bond acceptors (Lipinski definition) is 3. The van der Waals surface area contributed by atoms with Gasteiger partial charge in [-0.1, -0.05) is 23.2 Å². The molecule has 1 aromatic heterocycles. The molecule has 0 saturated heterocycles. The maximum Gasteiger partial charge on any atom is 0.145 e. The van der Waals surface area contributed by atoms with Crippen LogP contribution in [0.3, 0.4) is 0 Å². The van der Waals surface area contributed by atoms with Crippen molar-refractivity contribution in [1.82, 2.24) is 9.78 Å². The minimum Gasteiger partial charge on any atom is -0.382 e. The Hall–Kier alpha value is -1.70. The summed E-state index contributed by atoms with van der Waals surface area (Å²) in [5, 5.41) is 13.8. The molecule has 2 N–H and O–H groups in total. The summed E-state index contributed by atoms with van der Waals surface area (Å²) < 4.78 is 1.47. The molecule has 0 unspecified atom stereocenters. The minimum atomic E-state index is 0.286. The van der Waals surface area contributed by atoms with Gasteiger partial charge in [0, 0.05) is 0 Å². The van der Waals surface area contributed by atoms with Crippen LogP contribution in [0.4, 0.5) is 5.82 Å². The van der Waals surface area contributed by atoms with E-state index in [4.69, 9.17) is 34.2 Å². The van der Waals surface area contributed by atoms with Crippen LogP contribution < -0.4 is 5.73 Å². The summed E-state index contributed by atoms with van der Waals surface area (Å²) in [4.78, 5) is 0. The largest absolute Gasteiger partial charge is 0.382 e. The van der Waals surface area contributed by atoms with Crippen LogP contribution in [0, 0.1) is 18.3 Å². The van der Waals surface area contributed by atoms with Crippen molar-refractivity contribution >= 4 is 29.0 Å². The van der Waals surface area contributed by atoms with Crippen LogP contribution in [0.2, 0.25) is 10.0 Å².